The summed E-state index contributed by atoms with van der Waals surface area (Å²) in [7, 11) is 0. The van der Waals surface area contributed by atoms with Crippen molar-refractivity contribution >= 4 is 11.8 Å². The molecule has 1 saturated carbocycles. The Morgan fingerprint density at radius 1 is 0.650 bits per heavy atom. The van der Waals surface area contributed by atoms with E-state index in [9.17, 15) is 9.59 Å². The van der Waals surface area contributed by atoms with E-state index in [1.54, 1.807) is 6.08 Å². The van der Waals surface area contributed by atoms with Crippen LogP contribution in [-0.2, 0) is 9.59 Å². The Balaban J connectivity index is 1.27. The molecule has 2 aromatic carbocycles. The van der Waals surface area contributed by atoms with Crippen molar-refractivity contribution in [1.82, 2.24) is 9.80 Å². The number of allylic oxidation sites excluding steroid dienone is 1. The van der Waals surface area contributed by atoms with E-state index in [0.717, 1.165) is 80.9 Å². The Bertz CT molecular complexity index is 1250. The number of likely N-dealkylation sites (tertiary alicyclic amines) is 2. The van der Waals surface area contributed by atoms with Gasteiger partial charge in [-0.05, 0) is 85.9 Å². The molecule has 40 heavy (non-hydrogen) atoms. The summed E-state index contributed by atoms with van der Waals surface area (Å²) < 4.78 is 22.6. The summed E-state index contributed by atoms with van der Waals surface area (Å²) in [6, 6.07) is 12.0. The monoisotopic (exact) mass is 544 g/mol. The molecule has 8 nitrogen and oxygen atoms in total. The molecule has 0 bridgehead atoms. The molecule has 2 atom stereocenters. The van der Waals surface area contributed by atoms with Crippen LogP contribution in [0.15, 0.2) is 48.6 Å². The van der Waals surface area contributed by atoms with Crippen molar-refractivity contribution in [3.63, 3.8) is 0 Å². The summed E-state index contributed by atoms with van der Waals surface area (Å²) in [6.07, 6.45) is 10.3. The summed E-state index contributed by atoms with van der Waals surface area (Å²) in [5.41, 5.74) is 2.08. The first-order valence-corrected chi connectivity index (χ1v) is 14.7. The van der Waals surface area contributed by atoms with Crippen LogP contribution in [0.2, 0.25) is 0 Å². The first kappa shape index (κ1) is 25.3. The Kier molecular flexibility index (Phi) is 6.77. The summed E-state index contributed by atoms with van der Waals surface area (Å²) in [5.74, 6) is 2.61. The predicted octanol–water partition coefficient (Wildman–Crippen LogP) is 4.84. The molecule has 3 fully saturated rings. The van der Waals surface area contributed by atoms with Gasteiger partial charge in [-0.1, -0.05) is 18.2 Å². The molecule has 4 heterocycles. The fourth-order valence-electron chi connectivity index (χ4n) is 7.16. The molecule has 0 aromatic heterocycles. The van der Waals surface area contributed by atoms with E-state index in [-0.39, 0.29) is 49.1 Å². The Labute approximate surface area is 234 Å². The van der Waals surface area contributed by atoms with Gasteiger partial charge >= 0.3 is 0 Å². The van der Waals surface area contributed by atoms with E-state index in [4.69, 9.17) is 18.9 Å². The number of hydrogen-bond acceptors (Lipinski definition) is 6. The second-order valence-electron chi connectivity index (χ2n) is 11.5. The standard InChI is InChI=1S/C32H36N2O6/c35-28(33-13-3-1-4-14-33)12-9-23-29(21-7-10-24-26(17-21)39-19-37-24)31(32(36)34-15-5-2-6-16-34)30(23)22-8-11-25-27(18-22)40-20-38-25/h7-12,17-18,23,29-31H,1-6,13-16,19-20H2/b12-9+/t23?,29-,30-,31?/m1/s1. The van der Waals surface area contributed by atoms with Gasteiger partial charge in [0.1, 0.15) is 0 Å². The van der Waals surface area contributed by atoms with E-state index in [1.165, 1.54) is 6.42 Å². The largest absolute Gasteiger partial charge is 0.454 e. The third-order valence-corrected chi connectivity index (χ3v) is 9.25. The molecule has 1 aliphatic carbocycles. The SMILES string of the molecule is O=C(/C=C/C1[C@@H](c2ccc3c(c2)OCO3)C(C(=O)N2CCCCC2)[C@@H]1c1ccc2c(c1)OCO2)N1CCCCC1. The summed E-state index contributed by atoms with van der Waals surface area (Å²) in [5, 5.41) is 0. The smallest absolute Gasteiger partial charge is 0.246 e. The van der Waals surface area contributed by atoms with Gasteiger partial charge in [-0.15, -0.1) is 0 Å². The van der Waals surface area contributed by atoms with Crippen molar-refractivity contribution in [3.8, 4) is 23.0 Å². The highest BCUT2D eigenvalue weighted by Crippen LogP contribution is 2.60. The number of benzene rings is 2. The van der Waals surface area contributed by atoms with Crippen LogP contribution >= 0.6 is 0 Å². The first-order valence-electron chi connectivity index (χ1n) is 14.7. The van der Waals surface area contributed by atoms with Crippen LogP contribution in [0, 0.1) is 11.8 Å². The van der Waals surface area contributed by atoms with Crippen LogP contribution in [0.25, 0.3) is 0 Å². The Morgan fingerprint density at radius 3 is 1.70 bits per heavy atom. The molecular weight excluding hydrogens is 508 g/mol. The predicted molar refractivity (Wildman–Crippen MR) is 148 cm³/mol. The van der Waals surface area contributed by atoms with Gasteiger partial charge in [-0.3, -0.25) is 9.59 Å². The maximum Gasteiger partial charge on any atom is 0.246 e. The van der Waals surface area contributed by atoms with E-state index in [0.29, 0.717) is 11.5 Å². The Hall–Kier alpha value is -3.68. The third-order valence-electron chi connectivity index (χ3n) is 9.25. The average molecular weight is 545 g/mol. The molecule has 2 saturated heterocycles. The van der Waals surface area contributed by atoms with E-state index in [2.05, 4.69) is 18.2 Å². The second-order valence-corrected chi connectivity index (χ2v) is 11.5. The number of hydrogen-bond donors (Lipinski definition) is 0. The van der Waals surface area contributed by atoms with Crippen LogP contribution in [0.3, 0.4) is 0 Å². The van der Waals surface area contributed by atoms with Crippen molar-refractivity contribution < 1.29 is 28.5 Å². The van der Waals surface area contributed by atoms with E-state index >= 15 is 0 Å². The van der Waals surface area contributed by atoms with Gasteiger partial charge in [0, 0.05) is 38.0 Å². The molecule has 210 valence electrons. The number of piperidine rings is 2. The van der Waals surface area contributed by atoms with Crippen LogP contribution in [0.5, 0.6) is 23.0 Å². The van der Waals surface area contributed by atoms with Crippen LogP contribution in [0.4, 0.5) is 0 Å². The van der Waals surface area contributed by atoms with Crippen molar-refractivity contribution in [1.29, 1.82) is 0 Å². The first-order chi connectivity index (χ1) is 19.7. The second kappa shape index (κ2) is 10.7. The van der Waals surface area contributed by atoms with Gasteiger partial charge in [0.15, 0.2) is 23.0 Å². The molecule has 2 aromatic rings. The zero-order valence-electron chi connectivity index (χ0n) is 22.8. The van der Waals surface area contributed by atoms with Crippen LogP contribution in [-0.4, -0.2) is 61.4 Å². The molecular formula is C32H36N2O6. The molecule has 7 rings (SSSR count). The van der Waals surface area contributed by atoms with Gasteiger partial charge in [0.25, 0.3) is 0 Å². The van der Waals surface area contributed by atoms with Crippen molar-refractivity contribution in [2.45, 2.75) is 50.4 Å². The maximum absolute atomic E-state index is 14.3. The lowest BCUT2D eigenvalue weighted by atomic mass is 9.52. The molecule has 4 aliphatic heterocycles. The van der Waals surface area contributed by atoms with Gasteiger partial charge < -0.3 is 28.7 Å². The molecule has 2 amide bonds. The number of rotatable bonds is 5. The number of amides is 2. The van der Waals surface area contributed by atoms with Crippen molar-refractivity contribution in [3.05, 3.63) is 59.7 Å². The normalized spacial score (nSPS) is 27.1. The summed E-state index contributed by atoms with van der Waals surface area (Å²) in [4.78, 5) is 31.4. The fourth-order valence-corrected chi connectivity index (χ4v) is 7.16. The highest BCUT2D eigenvalue weighted by Gasteiger charge is 2.55. The molecule has 5 aliphatic rings. The van der Waals surface area contributed by atoms with E-state index in [1.807, 2.05) is 34.1 Å². The highest BCUT2D eigenvalue weighted by atomic mass is 16.7. The lowest BCUT2D eigenvalue weighted by Gasteiger charge is -2.52. The molecule has 8 heteroatoms. The molecule has 0 unspecified atom stereocenters. The van der Waals surface area contributed by atoms with Gasteiger partial charge in [0.05, 0.1) is 5.92 Å². The minimum atomic E-state index is -0.265. The number of nitrogens with zero attached hydrogens (tertiary/aromatic N) is 2. The fraction of sp³-hybridized carbons (Fsp3) is 0.500. The third kappa shape index (κ3) is 4.57. The lowest BCUT2D eigenvalue weighted by molar-refractivity contribution is -0.143. The molecule has 0 radical (unpaired) electrons. The van der Waals surface area contributed by atoms with Gasteiger partial charge in [-0.2, -0.15) is 0 Å². The number of fused-ring (bicyclic) bond motifs is 2. The summed E-state index contributed by atoms with van der Waals surface area (Å²) >= 11 is 0. The molecule has 0 N–H and O–H groups in total. The minimum absolute atomic E-state index is 0.0479. The quantitative estimate of drug-likeness (QED) is 0.502. The van der Waals surface area contributed by atoms with E-state index < -0.39 is 0 Å². The topological polar surface area (TPSA) is 77.5 Å². The van der Waals surface area contributed by atoms with Crippen molar-refractivity contribution in [2.24, 2.45) is 11.8 Å². The lowest BCUT2D eigenvalue weighted by Crippen LogP contribution is -2.52. The Morgan fingerprint density at radius 2 is 1.15 bits per heavy atom. The zero-order chi connectivity index (χ0) is 27.1. The highest BCUT2D eigenvalue weighted by molar-refractivity contribution is 5.88. The maximum atomic E-state index is 14.3. The minimum Gasteiger partial charge on any atom is -0.454 e. The number of carbonyl (C=O) groups excluding carboxylic acids is 2. The van der Waals surface area contributed by atoms with Crippen LogP contribution < -0.4 is 18.9 Å². The zero-order valence-corrected chi connectivity index (χ0v) is 22.8. The van der Waals surface area contributed by atoms with Gasteiger partial charge in [0.2, 0.25) is 25.4 Å². The summed E-state index contributed by atoms with van der Waals surface area (Å²) in [6.45, 7) is 3.61. The number of carbonyl (C=O) groups is 2. The molecule has 0 spiro atoms. The van der Waals surface area contributed by atoms with Crippen molar-refractivity contribution in [2.75, 3.05) is 39.8 Å². The number of ether oxygens (including phenoxy) is 4. The van der Waals surface area contributed by atoms with Crippen LogP contribution in [0.1, 0.15) is 61.5 Å². The van der Waals surface area contributed by atoms with Gasteiger partial charge in [-0.25, -0.2) is 0 Å². The average Bonchev–Trinajstić information content (AvgIpc) is 3.66.